The van der Waals surface area contributed by atoms with Gasteiger partial charge in [0.05, 0.1) is 6.54 Å². The van der Waals surface area contributed by atoms with Gasteiger partial charge in [-0.2, -0.15) is 0 Å². The van der Waals surface area contributed by atoms with Crippen molar-refractivity contribution in [3.63, 3.8) is 0 Å². The summed E-state index contributed by atoms with van der Waals surface area (Å²) in [6, 6.07) is 7.50. The lowest BCUT2D eigenvalue weighted by molar-refractivity contribution is -0.118. The molecule has 4 nitrogen and oxygen atoms in total. The number of hydrogen-bond donors (Lipinski definition) is 2. The van der Waals surface area contributed by atoms with Crippen LogP contribution in [0.25, 0.3) is 0 Å². The minimum atomic E-state index is -0.237. The average molecular weight is 224 g/mol. The molecule has 0 saturated carbocycles. The van der Waals surface area contributed by atoms with Crippen LogP contribution in [0.3, 0.4) is 0 Å². The second-order valence-electron chi connectivity index (χ2n) is 2.78. The zero-order chi connectivity index (χ0) is 11.1. The first-order chi connectivity index (χ1) is 7.26. The highest BCUT2D eigenvalue weighted by molar-refractivity contribution is 7.98. The number of thioether (sulfide) groups is 1. The molecule has 0 aromatic heterocycles. The lowest BCUT2D eigenvalue weighted by Crippen LogP contribution is -2.26. The standard InChI is InChI=1S/C10H12N2O2S/c1-15-9-4-2-8(3-5-9)12-10(14)6-11-7-13/h2-5,7H,6H2,1H3,(H,11,13)(H,12,14). The second kappa shape index (κ2) is 6.08. The summed E-state index contributed by atoms with van der Waals surface area (Å²) in [5.74, 6) is -0.237. The first-order valence-corrected chi connectivity index (χ1v) is 5.59. The van der Waals surface area contributed by atoms with E-state index in [4.69, 9.17) is 0 Å². The molecule has 0 spiro atoms. The van der Waals surface area contributed by atoms with Gasteiger partial charge in [0.15, 0.2) is 0 Å². The number of amides is 2. The topological polar surface area (TPSA) is 58.2 Å². The van der Waals surface area contributed by atoms with Crippen LogP contribution in [0.5, 0.6) is 0 Å². The molecule has 1 aromatic carbocycles. The summed E-state index contributed by atoms with van der Waals surface area (Å²) >= 11 is 1.64. The van der Waals surface area contributed by atoms with Crippen molar-refractivity contribution in [1.82, 2.24) is 5.32 Å². The third-order valence-electron chi connectivity index (χ3n) is 1.72. The van der Waals surface area contributed by atoms with Gasteiger partial charge in [0.25, 0.3) is 0 Å². The molecule has 5 heteroatoms. The number of anilines is 1. The molecule has 1 aromatic rings. The molecule has 15 heavy (non-hydrogen) atoms. The fourth-order valence-corrected chi connectivity index (χ4v) is 1.42. The smallest absolute Gasteiger partial charge is 0.243 e. The number of nitrogens with one attached hydrogen (secondary N) is 2. The maximum absolute atomic E-state index is 11.2. The summed E-state index contributed by atoms with van der Waals surface area (Å²) in [6.07, 6.45) is 2.48. The number of carbonyl (C=O) groups is 2. The predicted octanol–water partition coefficient (Wildman–Crippen LogP) is 1.09. The summed E-state index contributed by atoms with van der Waals surface area (Å²) in [5, 5.41) is 4.95. The first kappa shape index (κ1) is 11.6. The molecule has 0 saturated heterocycles. The number of carbonyl (C=O) groups excluding carboxylic acids is 2. The van der Waals surface area contributed by atoms with Crippen LogP contribution < -0.4 is 10.6 Å². The molecular formula is C10H12N2O2S. The molecule has 0 aliphatic heterocycles. The number of benzene rings is 1. The fraction of sp³-hybridized carbons (Fsp3) is 0.200. The van der Waals surface area contributed by atoms with Gasteiger partial charge in [0.1, 0.15) is 0 Å². The van der Waals surface area contributed by atoms with E-state index in [0.717, 1.165) is 10.6 Å². The Labute approximate surface area is 92.4 Å². The third-order valence-corrected chi connectivity index (χ3v) is 2.46. The Morgan fingerprint density at radius 2 is 2.07 bits per heavy atom. The van der Waals surface area contributed by atoms with Gasteiger partial charge in [0.2, 0.25) is 12.3 Å². The Balaban J connectivity index is 2.49. The van der Waals surface area contributed by atoms with E-state index < -0.39 is 0 Å². The lowest BCUT2D eigenvalue weighted by Gasteiger charge is -2.04. The van der Waals surface area contributed by atoms with E-state index >= 15 is 0 Å². The average Bonchev–Trinajstić information content (AvgIpc) is 2.27. The molecule has 80 valence electrons. The van der Waals surface area contributed by atoms with E-state index in [1.165, 1.54) is 0 Å². The Bertz CT molecular complexity index is 338. The molecule has 0 bridgehead atoms. The van der Waals surface area contributed by atoms with Crippen molar-refractivity contribution in [3.8, 4) is 0 Å². The summed E-state index contributed by atoms with van der Waals surface area (Å²) < 4.78 is 0. The van der Waals surface area contributed by atoms with Crippen molar-refractivity contribution in [3.05, 3.63) is 24.3 Å². The molecule has 0 aliphatic rings. The monoisotopic (exact) mass is 224 g/mol. The van der Waals surface area contributed by atoms with Gasteiger partial charge in [-0.05, 0) is 30.5 Å². The van der Waals surface area contributed by atoms with Crippen LogP contribution in [0.1, 0.15) is 0 Å². The molecule has 0 atom stereocenters. The predicted molar refractivity (Wildman–Crippen MR) is 60.9 cm³/mol. The minimum absolute atomic E-state index is 0.00617. The lowest BCUT2D eigenvalue weighted by atomic mass is 10.3. The Hall–Kier alpha value is -1.49. The molecular weight excluding hydrogens is 212 g/mol. The van der Waals surface area contributed by atoms with Crippen molar-refractivity contribution in [2.75, 3.05) is 18.1 Å². The van der Waals surface area contributed by atoms with Crippen LogP contribution in [-0.4, -0.2) is 25.1 Å². The van der Waals surface area contributed by atoms with Crippen LogP contribution in [0, 0.1) is 0 Å². The highest BCUT2D eigenvalue weighted by Gasteiger charge is 2.00. The Morgan fingerprint density at radius 3 is 2.60 bits per heavy atom. The largest absolute Gasteiger partial charge is 0.350 e. The van der Waals surface area contributed by atoms with Crippen molar-refractivity contribution in [2.24, 2.45) is 0 Å². The van der Waals surface area contributed by atoms with Gasteiger partial charge in [-0.3, -0.25) is 9.59 Å². The van der Waals surface area contributed by atoms with Gasteiger partial charge < -0.3 is 10.6 Å². The molecule has 1 rings (SSSR count). The molecule has 0 fully saturated rings. The van der Waals surface area contributed by atoms with Gasteiger partial charge in [0, 0.05) is 10.6 Å². The van der Waals surface area contributed by atoms with Gasteiger partial charge in [-0.1, -0.05) is 0 Å². The van der Waals surface area contributed by atoms with Crippen molar-refractivity contribution in [1.29, 1.82) is 0 Å². The quantitative estimate of drug-likeness (QED) is 0.581. The summed E-state index contributed by atoms with van der Waals surface area (Å²) in [6.45, 7) is -0.00617. The van der Waals surface area contributed by atoms with Crippen LogP contribution in [0.2, 0.25) is 0 Å². The maximum Gasteiger partial charge on any atom is 0.243 e. The first-order valence-electron chi connectivity index (χ1n) is 4.37. The van der Waals surface area contributed by atoms with E-state index in [-0.39, 0.29) is 12.5 Å². The summed E-state index contributed by atoms with van der Waals surface area (Å²) in [4.78, 5) is 22.3. The van der Waals surface area contributed by atoms with Crippen LogP contribution in [0.4, 0.5) is 5.69 Å². The highest BCUT2D eigenvalue weighted by Crippen LogP contribution is 2.17. The fourth-order valence-electron chi connectivity index (χ4n) is 1.01. The SMILES string of the molecule is CSc1ccc(NC(=O)CNC=O)cc1. The van der Waals surface area contributed by atoms with Crippen molar-refractivity contribution in [2.45, 2.75) is 4.90 Å². The van der Waals surface area contributed by atoms with Gasteiger partial charge >= 0.3 is 0 Å². The Kier molecular flexibility index (Phi) is 4.70. The second-order valence-corrected chi connectivity index (χ2v) is 3.66. The van der Waals surface area contributed by atoms with E-state index in [1.807, 2.05) is 30.5 Å². The number of hydrogen-bond acceptors (Lipinski definition) is 3. The highest BCUT2D eigenvalue weighted by atomic mass is 32.2. The third kappa shape index (κ3) is 4.03. The normalized spacial score (nSPS) is 9.40. The molecule has 0 radical (unpaired) electrons. The summed E-state index contributed by atoms with van der Waals surface area (Å²) in [7, 11) is 0. The van der Waals surface area contributed by atoms with Crippen molar-refractivity contribution >= 4 is 29.8 Å². The zero-order valence-electron chi connectivity index (χ0n) is 8.32. The number of rotatable bonds is 5. The molecule has 2 N–H and O–H groups in total. The zero-order valence-corrected chi connectivity index (χ0v) is 9.14. The van der Waals surface area contributed by atoms with E-state index in [1.54, 1.807) is 11.8 Å². The van der Waals surface area contributed by atoms with Crippen LogP contribution >= 0.6 is 11.8 Å². The Morgan fingerprint density at radius 1 is 1.40 bits per heavy atom. The summed E-state index contributed by atoms with van der Waals surface area (Å²) in [5.41, 5.74) is 0.727. The maximum atomic E-state index is 11.2. The molecule has 0 unspecified atom stereocenters. The van der Waals surface area contributed by atoms with Crippen LogP contribution in [0.15, 0.2) is 29.2 Å². The molecule has 0 aliphatic carbocycles. The van der Waals surface area contributed by atoms with Crippen molar-refractivity contribution < 1.29 is 9.59 Å². The van der Waals surface area contributed by atoms with Gasteiger partial charge in [-0.25, -0.2) is 0 Å². The van der Waals surface area contributed by atoms with Gasteiger partial charge in [-0.15, -0.1) is 11.8 Å². The van der Waals surface area contributed by atoms with E-state index in [0.29, 0.717) is 6.41 Å². The van der Waals surface area contributed by atoms with Crippen LogP contribution in [-0.2, 0) is 9.59 Å². The molecule has 2 amide bonds. The minimum Gasteiger partial charge on any atom is -0.350 e. The molecule has 0 heterocycles. The van der Waals surface area contributed by atoms with E-state index in [9.17, 15) is 9.59 Å². The van der Waals surface area contributed by atoms with E-state index in [2.05, 4.69) is 10.6 Å².